The molecule has 5 heteroatoms. The molecule has 1 heterocycles. The van der Waals surface area contributed by atoms with Gasteiger partial charge >= 0.3 is 5.97 Å². The lowest BCUT2D eigenvalue weighted by molar-refractivity contribution is -0.143. The average Bonchev–Trinajstić information content (AvgIpc) is 2.93. The Labute approximate surface area is 117 Å². The largest absolute Gasteiger partial charge is 0.479 e. The van der Waals surface area contributed by atoms with Gasteiger partial charge in [-0.2, -0.15) is 0 Å². The van der Waals surface area contributed by atoms with Gasteiger partial charge in [-0.15, -0.1) is 0 Å². The van der Waals surface area contributed by atoms with Crippen molar-refractivity contribution in [1.82, 2.24) is 5.32 Å². The van der Waals surface area contributed by atoms with Crippen LogP contribution in [0.25, 0.3) is 0 Å². The minimum absolute atomic E-state index is 0.354. The van der Waals surface area contributed by atoms with Gasteiger partial charge in [-0.25, -0.2) is 4.79 Å². The van der Waals surface area contributed by atoms with Crippen LogP contribution < -0.4 is 5.32 Å². The molecule has 1 amide bonds. The summed E-state index contributed by atoms with van der Waals surface area (Å²) >= 11 is 0. The molecule has 1 fully saturated rings. The molecule has 1 aromatic rings. The molecule has 0 aliphatic carbocycles. The number of amides is 1. The zero-order valence-electron chi connectivity index (χ0n) is 11.7. The van der Waals surface area contributed by atoms with E-state index >= 15 is 0 Å². The number of hydrogen-bond acceptors (Lipinski definition) is 3. The number of carbonyl (C=O) groups is 2. The fraction of sp³-hybridized carbons (Fsp3) is 0.467. The zero-order chi connectivity index (χ0) is 14.7. The highest BCUT2D eigenvalue weighted by molar-refractivity contribution is 5.87. The molecule has 1 aromatic carbocycles. The van der Waals surface area contributed by atoms with Gasteiger partial charge in [-0.3, -0.25) is 4.79 Å². The second-order valence-electron chi connectivity index (χ2n) is 5.13. The quantitative estimate of drug-likeness (QED) is 0.878. The molecule has 2 atom stereocenters. The molecule has 20 heavy (non-hydrogen) atoms. The molecule has 5 nitrogen and oxygen atoms in total. The highest BCUT2D eigenvalue weighted by Gasteiger charge is 2.29. The van der Waals surface area contributed by atoms with Gasteiger partial charge < -0.3 is 15.2 Å². The molecule has 0 radical (unpaired) electrons. The predicted octanol–water partition coefficient (Wildman–Crippen LogP) is 1.72. The Morgan fingerprint density at radius 2 is 2.10 bits per heavy atom. The van der Waals surface area contributed by atoms with Crippen LogP contribution in [0.1, 0.15) is 35.6 Å². The third-order valence-electron chi connectivity index (χ3n) is 3.62. The second kappa shape index (κ2) is 6.05. The first kappa shape index (κ1) is 14.5. The first-order chi connectivity index (χ1) is 9.49. The van der Waals surface area contributed by atoms with E-state index in [0.29, 0.717) is 18.6 Å². The van der Waals surface area contributed by atoms with Crippen LogP contribution in [0.5, 0.6) is 0 Å². The van der Waals surface area contributed by atoms with E-state index in [-0.39, 0.29) is 5.91 Å². The van der Waals surface area contributed by atoms with Crippen molar-refractivity contribution in [1.29, 1.82) is 0 Å². The molecule has 0 bridgehead atoms. The Morgan fingerprint density at radius 3 is 2.65 bits per heavy atom. The van der Waals surface area contributed by atoms with Crippen molar-refractivity contribution in [3.63, 3.8) is 0 Å². The van der Waals surface area contributed by atoms with Crippen LogP contribution in [0, 0.1) is 13.8 Å². The van der Waals surface area contributed by atoms with Crippen LogP contribution in [0.15, 0.2) is 18.2 Å². The van der Waals surface area contributed by atoms with Crippen molar-refractivity contribution in [2.24, 2.45) is 0 Å². The Morgan fingerprint density at radius 1 is 1.35 bits per heavy atom. The summed E-state index contributed by atoms with van der Waals surface area (Å²) in [4.78, 5) is 23.4. The summed E-state index contributed by atoms with van der Waals surface area (Å²) in [6.07, 6.45) is 0.952. The molecule has 0 saturated carbocycles. The van der Waals surface area contributed by atoms with Crippen molar-refractivity contribution < 1.29 is 19.4 Å². The first-order valence-corrected chi connectivity index (χ1v) is 6.71. The van der Waals surface area contributed by atoms with Gasteiger partial charge in [-0.1, -0.05) is 18.2 Å². The minimum Gasteiger partial charge on any atom is -0.479 e. The van der Waals surface area contributed by atoms with E-state index in [1.54, 1.807) is 12.1 Å². The van der Waals surface area contributed by atoms with Gasteiger partial charge in [-0.05, 0) is 43.4 Å². The number of rotatable bonds is 4. The van der Waals surface area contributed by atoms with E-state index < -0.39 is 18.1 Å². The average molecular weight is 277 g/mol. The van der Waals surface area contributed by atoms with Gasteiger partial charge in [0.15, 0.2) is 6.04 Å². The summed E-state index contributed by atoms with van der Waals surface area (Å²) in [6.45, 7) is 4.43. The smallest absolute Gasteiger partial charge is 0.330 e. The van der Waals surface area contributed by atoms with E-state index in [1.807, 2.05) is 19.9 Å². The highest BCUT2D eigenvalue weighted by Crippen LogP contribution is 2.19. The van der Waals surface area contributed by atoms with Crippen LogP contribution in [-0.2, 0) is 14.3 Å². The van der Waals surface area contributed by atoms with Crippen molar-refractivity contribution >= 4 is 11.9 Å². The van der Waals surface area contributed by atoms with Gasteiger partial charge in [0, 0.05) is 6.61 Å². The third kappa shape index (κ3) is 3.17. The highest BCUT2D eigenvalue weighted by atomic mass is 16.5. The van der Waals surface area contributed by atoms with Crippen LogP contribution in [0.3, 0.4) is 0 Å². The molecule has 108 valence electrons. The van der Waals surface area contributed by atoms with E-state index in [4.69, 9.17) is 4.74 Å². The maximum Gasteiger partial charge on any atom is 0.330 e. The van der Waals surface area contributed by atoms with Crippen LogP contribution >= 0.6 is 0 Å². The van der Waals surface area contributed by atoms with Crippen molar-refractivity contribution in [3.8, 4) is 0 Å². The fourth-order valence-electron chi connectivity index (χ4n) is 2.25. The van der Waals surface area contributed by atoms with Gasteiger partial charge in [0.05, 0.1) is 0 Å². The third-order valence-corrected chi connectivity index (χ3v) is 3.62. The number of benzene rings is 1. The summed E-state index contributed by atoms with van der Waals surface area (Å²) < 4.78 is 5.27. The number of carbonyl (C=O) groups excluding carboxylic acids is 1. The van der Waals surface area contributed by atoms with Crippen LogP contribution in [-0.4, -0.2) is 29.7 Å². The summed E-state index contributed by atoms with van der Waals surface area (Å²) in [7, 11) is 0. The number of hydrogen-bond donors (Lipinski definition) is 2. The number of carboxylic acid groups (broad SMARTS) is 1. The van der Waals surface area contributed by atoms with Crippen molar-refractivity contribution in [3.05, 3.63) is 34.9 Å². The molecule has 1 saturated heterocycles. The van der Waals surface area contributed by atoms with Crippen LogP contribution in [0.4, 0.5) is 0 Å². The molecule has 1 aliphatic rings. The summed E-state index contributed by atoms with van der Waals surface area (Å²) in [6, 6.07) is 4.35. The van der Waals surface area contributed by atoms with E-state index in [1.165, 1.54) is 0 Å². The number of aryl methyl sites for hydroxylation is 2. The summed E-state index contributed by atoms with van der Waals surface area (Å²) in [5.74, 6) is -1.42. The summed E-state index contributed by atoms with van der Waals surface area (Å²) in [5, 5.41) is 11.9. The molecule has 2 N–H and O–H groups in total. The maximum atomic E-state index is 12.0. The van der Waals surface area contributed by atoms with E-state index in [0.717, 1.165) is 17.5 Å². The number of aliphatic carboxylic acids is 1. The topological polar surface area (TPSA) is 75.6 Å². The van der Waals surface area contributed by atoms with E-state index in [2.05, 4.69) is 5.32 Å². The number of carboxylic acids is 1. The van der Waals surface area contributed by atoms with Gasteiger partial charge in [0.2, 0.25) is 5.91 Å². The second-order valence-corrected chi connectivity index (χ2v) is 5.13. The lowest BCUT2D eigenvalue weighted by atomic mass is 10.0. The SMILES string of the molecule is Cc1ccc(C(NC(=O)C2CCCO2)C(=O)O)cc1C. The standard InChI is InChI=1S/C15H19NO4/c1-9-5-6-11(8-10(9)2)13(15(18)19)16-14(17)12-4-3-7-20-12/h5-6,8,12-13H,3-4,7H2,1-2H3,(H,16,17)(H,18,19). The summed E-state index contributed by atoms with van der Waals surface area (Å²) in [5.41, 5.74) is 2.66. The minimum atomic E-state index is -1.07. The molecular weight excluding hydrogens is 258 g/mol. The van der Waals surface area contributed by atoms with Gasteiger partial charge in [0.25, 0.3) is 0 Å². The van der Waals surface area contributed by atoms with Crippen LogP contribution in [0.2, 0.25) is 0 Å². The monoisotopic (exact) mass is 277 g/mol. The molecule has 0 aromatic heterocycles. The first-order valence-electron chi connectivity index (χ1n) is 6.71. The molecule has 2 rings (SSSR count). The number of ether oxygens (including phenoxy) is 1. The predicted molar refractivity (Wildman–Crippen MR) is 73.4 cm³/mol. The molecule has 2 unspecified atom stereocenters. The lowest BCUT2D eigenvalue weighted by Crippen LogP contribution is -2.40. The molecular formula is C15H19NO4. The Hall–Kier alpha value is -1.88. The maximum absolute atomic E-state index is 12.0. The van der Waals surface area contributed by atoms with Crippen molar-refractivity contribution in [2.75, 3.05) is 6.61 Å². The van der Waals surface area contributed by atoms with E-state index in [9.17, 15) is 14.7 Å². The number of nitrogens with one attached hydrogen (secondary N) is 1. The molecule has 0 spiro atoms. The van der Waals surface area contributed by atoms with Gasteiger partial charge in [0.1, 0.15) is 6.10 Å². The van der Waals surface area contributed by atoms with Crippen molar-refractivity contribution in [2.45, 2.75) is 38.8 Å². The molecule has 1 aliphatic heterocycles. The lowest BCUT2D eigenvalue weighted by Gasteiger charge is -2.18. The normalized spacial score (nSPS) is 19.6. The zero-order valence-corrected chi connectivity index (χ0v) is 11.7. The Bertz CT molecular complexity index is 521. The fourth-order valence-corrected chi connectivity index (χ4v) is 2.25. The Kier molecular flexibility index (Phi) is 4.39. The Balaban J connectivity index is 2.16.